The molecule has 1 saturated heterocycles. The maximum absolute atomic E-state index is 12.7. The molecule has 2 rings (SSSR count). The van der Waals surface area contributed by atoms with Crippen molar-refractivity contribution in [3.8, 4) is 0 Å². The number of nitrogens with zero attached hydrogens (tertiary/aromatic N) is 1. The van der Waals surface area contributed by atoms with E-state index in [0.29, 0.717) is 23.6 Å². The van der Waals surface area contributed by atoms with Crippen LogP contribution in [0.15, 0.2) is 22.7 Å². The largest absolute Gasteiger partial charge is 0.342 e. The predicted octanol–water partition coefficient (Wildman–Crippen LogP) is 3.51. The van der Waals surface area contributed by atoms with Gasteiger partial charge in [-0.15, -0.1) is 0 Å². The van der Waals surface area contributed by atoms with Gasteiger partial charge in [0.1, 0.15) is 12.1 Å². The average molecular weight is 374 g/mol. The molecule has 1 aromatic carbocycles. The van der Waals surface area contributed by atoms with E-state index in [0.717, 1.165) is 10.9 Å². The summed E-state index contributed by atoms with van der Waals surface area (Å²) in [6.07, 6.45) is 2.02. The molecule has 1 fully saturated rings. The van der Waals surface area contributed by atoms with Crippen LogP contribution in [0.25, 0.3) is 0 Å². The molecule has 0 aromatic heterocycles. The van der Waals surface area contributed by atoms with Crippen LogP contribution >= 0.6 is 27.5 Å². The monoisotopic (exact) mass is 372 g/mol. The lowest BCUT2D eigenvalue weighted by Gasteiger charge is -2.39. The van der Waals surface area contributed by atoms with E-state index in [4.69, 9.17) is 11.6 Å². The van der Waals surface area contributed by atoms with Crippen LogP contribution in [-0.4, -0.2) is 23.9 Å². The molecule has 4 nitrogen and oxygen atoms in total. The number of rotatable bonds is 4. The minimum absolute atomic E-state index is 0.0775. The minimum Gasteiger partial charge on any atom is -0.342 e. The van der Waals surface area contributed by atoms with Gasteiger partial charge in [-0.3, -0.25) is 14.5 Å². The number of carbonyl (C=O) groups is 2. The van der Waals surface area contributed by atoms with Gasteiger partial charge in [0.15, 0.2) is 0 Å². The number of halogens is 2. The van der Waals surface area contributed by atoms with Crippen LogP contribution in [0, 0.1) is 0 Å². The molecule has 21 heavy (non-hydrogen) atoms. The molecule has 0 radical (unpaired) electrons. The molecule has 1 aliphatic heterocycles. The van der Waals surface area contributed by atoms with Gasteiger partial charge in [0, 0.05) is 9.50 Å². The molecule has 1 aromatic rings. The van der Waals surface area contributed by atoms with E-state index in [1.165, 1.54) is 0 Å². The maximum Gasteiger partial charge on any atom is 0.250 e. The molecule has 1 heterocycles. The predicted molar refractivity (Wildman–Crippen MR) is 87.6 cm³/mol. The number of hydrogen-bond acceptors (Lipinski definition) is 2. The zero-order chi connectivity index (χ0) is 15.6. The van der Waals surface area contributed by atoms with Crippen molar-refractivity contribution in [1.82, 2.24) is 5.32 Å². The van der Waals surface area contributed by atoms with Gasteiger partial charge < -0.3 is 5.32 Å². The lowest BCUT2D eigenvalue weighted by atomic mass is 10.0. The number of piperazine rings is 1. The lowest BCUT2D eigenvalue weighted by molar-refractivity contribution is -0.134. The van der Waals surface area contributed by atoms with Crippen LogP contribution in [-0.2, 0) is 9.59 Å². The van der Waals surface area contributed by atoms with E-state index < -0.39 is 12.1 Å². The highest BCUT2D eigenvalue weighted by Crippen LogP contribution is 2.33. The van der Waals surface area contributed by atoms with Crippen molar-refractivity contribution in [2.24, 2.45) is 0 Å². The highest BCUT2D eigenvalue weighted by molar-refractivity contribution is 9.10. The number of nitrogens with one attached hydrogen (secondary N) is 1. The summed E-state index contributed by atoms with van der Waals surface area (Å²) in [7, 11) is 0. The SMILES string of the molecule is CCCC1NC(=O)C(CC)N(c2cc(Cl)ccc2Br)C1=O. The van der Waals surface area contributed by atoms with Crippen LogP contribution in [0.5, 0.6) is 0 Å². The van der Waals surface area contributed by atoms with E-state index in [2.05, 4.69) is 21.2 Å². The molecule has 2 unspecified atom stereocenters. The molecule has 2 atom stereocenters. The van der Waals surface area contributed by atoms with Crippen molar-refractivity contribution in [3.63, 3.8) is 0 Å². The van der Waals surface area contributed by atoms with Gasteiger partial charge in [-0.1, -0.05) is 31.9 Å². The normalized spacial score (nSPS) is 22.4. The minimum atomic E-state index is -0.500. The number of anilines is 1. The Hall–Kier alpha value is -1.07. The molecular formula is C15H18BrClN2O2. The summed E-state index contributed by atoms with van der Waals surface area (Å²) < 4.78 is 0.753. The van der Waals surface area contributed by atoms with Gasteiger partial charge >= 0.3 is 0 Å². The zero-order valence-electron chi connectivity index (χ0n) is 12.0. The molecule has 0 spiro atoms. The van der Waals surface area contributed by atoms with E-state index in [1.54, 1.807) is 23.1 Å². The highest BCUT2D eigenvalue weighted by Gasteiger charge is 2.40. The molecule has 1 N–H and O–H groups in total. The van der Waals surface area contributed by atoms with Crippen molar-refractivity contribution < 1.29 is 9.59 Å². The molecule has 0 bridgehead atoms. The number of hydrogen-bond donors (Lipinski definition) is 1. The third kappa shape index (κ3) is 3.24. The van der Waals surface area contributed by atoms with Gasteiger partial charge in [-0.2, -0.15) is 0 Å². The number of amides is 2. The first kappa shape index (κ1) is 16.3. The summed E-state index contributed by atoms with van der Waals surface area (Å²) >= 11 is 9.49. The third-order valence-corrected chi connectivity index (χ3v) is 4.50. The van der Waals surface area contributed by atoms with E-state index in [1.807, 2.05) is 13.8 Å². The Morgan fingerprint density at radius 1 is 1.33 bits per heavy atom. The summed E-state index contributed by atoms with van der Waals surface area (Å²) in [6.45, 7) is 3.88. The standard InChI is InChI=1S/C15H18BrClN2O2/c1-3-5-11-15(21)19(12(4-2)14(20)18-11)13-8-9(17)6-7-10(13)16/h6-8,11-12H,3-5H2,1-2H3,(H,18,20). The first-order chi connectivity index (χ1) is 9.99. The van der Waals surface area contributed by atoms with Gasteiger partial charge in [-0.05, 0) is 47.0 Å². The molecule has 6 heteroatoms. The fourth-order valence-electron chi connectivity index (χ4n) is 2.58. The van der Waals surface area contributed by atoms with Crippen LogP contribution in [0.3, 0.4) is 0 Å². The Labute approximate surface area is 138 Å². The van der Waals surface area contributed by atoms with E-state index in [-0.39, 0.29) is 11.8 Å². The summed E-state index contributed by atoms with van der Waals surface area (Å²) in [4.78, 5) is 26.6. The van der Waals surface area contributed by atoms with Gasteiger partial charge in [0.2, 0.25) is 11.8 Å². The fraction of sp³-hybridized carbons (Fsp3) is 0.467. The number of benzene rings is 1. The molecule has 0 aliphatic carbocycles. The van der Waals surface area contributed by atoms with Gasteiger partial charge in [0.25, 0.3) is 0 Å². The lowest BCUT2D eigenvalue weighted by Crippen LogP contribution is -2.63. The van der Waals surface area contributed by atoms with Crippen LogP contribution in [0.4, 0.5) is 5.69 Å². The van der Waals surface area contributed by atoms with Crippen LogP contribution in [0.2, 0.25) is 5.02 Å². The Morgan fingerprint density at radius 2 is 2.05 bits per heavy atom. The Bertz CT molecular complexity index is 565. The molecular weight excluding hydrogens is 356 g/mol. The summed E-state index contributed by atoms with van der Waals surface area (Å²) in [5, 5.41) is 3.36. The fourth-order valence-corrected chi connectivity index (χ4v) is 3.18. The van der Waals surface area contributed by atoms with E-state index >= 15 is 0 Å². The van der Waals surface area contributed by atoms with Crippen LogP contribution in [0.1, 0.15) is 33.1 Å². The molecule has 114 valence electrons. The maximum atomic E-state index is 12.7. The van der Waals surface area contributed by atoms with Crippen LogP contribution < -0.4 is 10.2 Å². The molecule has 2 amide bonds. The first-order valence-corrected chi connectivity index (χ1v) is 8.25. The van der Waals surface area contributed by atoms with Gasteiger partial charge in [-0.25, -0.2) is 0 Å². The Morgan fingerprint density at radius 3 is 2.67 bits per heavy atom. The second-order valence-corrected chi connectivity index (χ2v) is 6.37. The zero-order valence-corrected chi connectivity index (χ0v) is 14.4. The second-order valence-electron chi connectivity index (χ2n) is 5.08. The Balaban J connectivity index is 2.46. The average Bonchev–Trinajstić information content (AvgIpc) is 2.45. The third-order valence-electron chi connectivity index (χ3n) is 3.60. The highest BCUT2D eigenvalue weighted by atomic mass is 79.9. The van der Waals surface area contributed by atoms with Crippen molar-refractivity contribution in [2.75, 3.05) is 4.90 Å². The number of carbonyl (C=O) groups excluding carboxylic acids is 2. The summed E-state index contributed by atoms with van der Waals surface area (Å²) in [5.41, 5.74) is 0.648. The first-order valence-electron chi connectivity index (χ1n) is 7.08. The molecule has 0 saturated carbocycles. The van der Waals surface area contributed by atoms with Gasteiger partial charge in [0.05, 0.1) is 5.69 Å². The van der Waals surface area contributed by atoms with E-state index in [9.17, 15) is 9.59 Å². The second kappa shape index (κ2) is 6.79. The molecule has 1 aliphatic rings. The smallest absolute Gasteiger partial charge is 0.250 e. The summed E-state index contributed by atoms with van der Waals surface area (Å²) in [6, 6.07) is 4.29. The topological polar surface area (TPSA) is 49.4 Å². The van der Waals surface area contributed by atoms with Crippen molar-refractivity contribution in [2.45, 2.75) is 45.2 Å². The van der Waals surface area contributed by atoms with Crippen molar-refractivity contribution in [1.29, 1.82) is 0 Å². The Kier molecular flexibility index (Phi) is 5.27. The quantitative estimate of drug-likeness (QED) is 0.878. The van der Waals surface area contributed by atoms with Crippen molar-refractivity contribution >= 4 is 45.0 Å². The summed E-state index contributed by atoms with van der Waals surface area (Å²) in [5.74, 6) is -0.186. The van der Waals surface area contributed by atoms with Crippen molar-refractivity contribution in [3.05, 3.63) is 27.7 Å².